The first kappa shape index (κ1) is 25.3. The molecule has 37 heavy (non-hydrogen) atoms. The van der Waals surface area contributed by atoms with E-state index in [-0.39, 0.29) is 35.1 Å². The van der Waals surface area contributed by atoms with Crippen LogP contribution in [0.3, 0.4) is 0 Å². The second-order valence-corrected chi connectivity index (χ2v) is 12.4. The van der Waals surface area contributed by atoms with Gasteiger partial charge in [0.1, 0.15) is 6.04 Å². The molecule has 0 saturated heterocycles. The SMILES string of the molecule is CCS(=O)(=O)c1ccc(CC(=O)Nc2cnc3c(c2)CN(Cc2ccc(C4C=N4)cc2)[C@H]3C(C)C)cc1. The monoisotopic (exact) mass is 516 g/mol. The molecule has 0 aliphatic carbocycles. The summed E-state index contributed by atoms with van der Waals surface area (Å²) in [5.74, 6) is 0.283. The summed E-state index contributed by atoms with van der Waals surface area (Å²) in [6.07, 6.45) is 3.85. The molecular weight excluding hydrogens is 484 g/mol. The van der Waals surface area contributed by atoms with Crippen molar-refractivity contribution in [2.24, 2.45) is 10.9 Å². The Labute approximate surface area is 218 Å². The number of aromatic nitrogens is 1. The third-order valence-electron chi connectivity index (χ3n) is 7.00. The third-order valence-corrected chi connectivity index (χ3v) is 8.75. The van der Waals surface area contributed by atoms with Crippen LogP contribution in [0.5, 0.6) is 0 Å². The van der Waals surface area contributed by atoms with Gasteiger partial charge in [-0.05, 0) is 46.4 Å². The Balaban J connectivity index is 1.24. The van der Waals surface area contributed by atoms with Gasteiger partial charge in [-0.3, -0.25) is 19.7 Å². The predicted molar refractivity (Wildman–Crippen MR) is 145 cm³/mol. The molecule has 0 spiro atoms. The number of pyridine rings is 1. The Hall–Kier alpha value is -3.36. The summed E-state index contributed by atoms with van der Waals surface area (Å²) in [6, 6.07) is 17.7. The molecule has 2 aliphatic rings. The van der Waals surface area contributed by atoms with Crippen molar-refractivity contribution < 1.29 is 13.2 Å². The lowest BCUT2D eigenvalue weighted by molar-refractivity contribution is -0.115. The molecule has 1 unspecified atom stereocenters. The maximum Gasteiger partial charge on any atom is 0.228 e. The minimum atomic E-state index is -3.25. The molecule has 3 heterocycles. The van der Waals surface area contributed by atoms with E-state index in [1.165, 1.54) is 11.1 Å². The standard InChI is InChI=1S/C29H32N4O3S/c1-4-37(35,36)25-11-7-20(8-12-25)13-27(34)32-24-14-23-18-33(29(19(2)3)28(23)31-15-24)17-21-5-9-22(10-6-21)26-16-30-26/h5-12,14-16,19,26,29H,4,13,17-18H2,1-3H3,(H,32,34)/t26?,29-/m0/s1. The molecule has 3 aromatic rings. The number of fused-ring (bicyclic) bond motifs is 1. The van der Waals surface area contributed by atoms with Crippen molar-refractivity contribution in [1.82, 2.24) is 9.88 Å². The van der Waals surface area contributed by atoms with Gasteiger partial charge >= 0.3 is 0 Å². The Morgan fingerprint density at radius 3 is 2.38 bits per heavy atom. The number of sulfone groups is 1. The number of amides is 1. The molecule has 1 N–H and O–H groups in total. The highest BCUT2D eigenvalue weighted by Crippen LogP contribution is 2.39. The highest BCUT2D eigenvalue weighted by Gasteiger charge is 2.34. The van der Waals surface area contributed by atoms with Crippen LogP contribution in [0.4, 0.5) is 5.69 Å². The molecule has 192 valence electrons. The molecule has 2 aromatic carbocycles. The average Bonchev–Trinajstić information content (AvgIpc) is 3.66. The molecule has 0 fully saturated rings. The second kappa shape index (κ2) is 10.2. The average molecular weight is 517 g/mol. The molecule has 0 saturated carbocycles. The Morgan fingerprint density at radius 1 is 1.08 bits per heavy atom. The summed E-state index contributed by atoms with van der Waals surface area (Å²) in [4.78, 5) is 24.4. The number of anilines is 1. The minimum Gasteiger partial charge on any atom is -0.324 e. The number of aliphatic imine (C=N–C) groups is 1. The lowest BCUT2D eigenvalue weighted by atomic mass is 9.99. The van der Waals surface area contributed by atoms with Crippen LogP contribution in [0.2, 0.25) is 0 Å². The van der Waals surface area contributed by atoms with E-state index in [9.17, 15) is 13.2 Å². The molecule has 2 atom stereocenters. The van der Waals surface area contributed by atoms with Gasteiger partial charge in [0.05, 0.1) is 40.7 Å². The molecule has 2 aliphatic heterocycles. The summed E-state index contributed by atoms with van der Waals surface area (Å²) in [5, 5.41) is 2.96. The fourth-order valence-corrected chi connectivity index (χ4v) is 5.89. The van der Waals surface area contributed by atoms with Crippen molar-refractivity contribution in [1.29, 1.82) is 0 Å². The molecular formula is C29H32N4O3S. The molecule has 1 amide bonds. The number of carbonyl (C=O) groups is 1. The third kappa shape index (κ3) is 5.65. The zero-order valence-electron chi connectivity index (χ0n) is 21.4. The highest BCUT2D eigenvalue weighted by molar-refractivity contribution is 7.91. The predicted octanol–water partition coefficient (Wildman–Crippen LogP) is 4.89. The van der Waals surface area contributed by atoms with Gasteiger partial charge in [0.2, 0.25) is 5.91 Å². The Morgan fingerprint density at radius 2 is 1.76 bits per heavy atom. The smallest absolute Gasteiger partial charge is 0.228 e. The summed E-state index contributed by atoms with van der Waals surface area (Å²) in [7, 11) is -3.25. The summed E-state index contributed by atoms with van der Waals surface area (Å²) in [5.41, 5.74) is 6.13. The normalized spacial score (nSPS) is 18.7. The van der Waals surface area contributed by atoms with Gasteiger partial charge in [-0.2, -0.15) is 0 Å². The summed E-state index contributed by atoms with van der Waals surface area (Å²) in [6.45, 7) is 7.65. The van der Waals surface area contributed by atoms with Crippen molar-refractivity contribution >= 4 is 27.6 Å². The van der Waals surface area contributed by atoms with Crippen LogP contribution < -0.4 is 5.32 Å². The van der Waals surface area contributed by atoms with Crippen LogP contribution in [-0.4, -0.2) is 36.2 Å². The Kier molecular flexibility index (Phi) is 6.96. The van der Waals surface area contributed by atoms with E-state index >= 15 is 0 Å². The van der Waals surface area contributed by atoms with Gasteiger partial charge in [-0.25, -0.2) is 8.42 Å². The number of benzene rings is 2. The number of hydrogen-bond acceptors (Lipinski definition) is 6. The van der Waals surface area contributed by atoms with Crippen LogP contribution in [0.15, 0.2) is 70.7 Å². The number of nitrogens with one attached hydrogen (secondary N) is 1. The van der Waals surface area contributed by atoms with Gasteiger partial charge < -0.3 is 5.32 Å². The van der Waals surface area contributed by atoms with E-state index in [2.05, 4.69) is 53.3 Å². The first-order valence-corrected chi connectivity index (χ1v) is 14.4. The van der Waals surface area contributed by atoms with Crippen LogP contribution >= 0.6 is 0 Å². The van der Waals surface area contributed by atoms with Gasteiger partial charge in [0.25, 0.3) is 0 Å². The van der Waals surface area contributed by atoms with E-state index in [1.54, 1.807) is 37.4 Å². The van der Waals surface area contributed by atoms with E-state index < -0.39 is 9.84 Å². The van der Waals surface area contributed by atoms with E-state index in [1.807, 2.05) is 12.3 Å². The first-order chi connectivity index (χ1) is 17.7. The molecule has 8 heteroatoms. The van der Waals surface area contributed by atoms with Crippen LogP contribution in [-0.2, 0) is 34.1 Å². The quantitative estimate of drug-likeness (QED) is 0.437. The summed E-state index contributed by atoms with van der Waals surface area (Å²) >= 11 is 0. The number of carbonyl (C=O) groups excluding carboxylic acids is 1. The maximum atomic E-state index is 12.7. The van der Waals surface area contributed by atoms with Crippen molar-refractivity contribution in [3.63, 3.8) is 0 Å². The maximum absolute atomic E-state index is 12.7. The van der Waals surface area contributed by atoms with Crippen LogP contribution in [0, 0.1) is 5.92 Å². The minimum absolute atomic E-state index is 0.0510. The first-order valence-electron chi connectivity index (χ1n) is 12.7. The van der Waals surface area contributed by atoms with E-state index in [0.717, 1.165) is 29.9 Å². The fraction of sp³-hybridized carbons (Fsp3) is 0.345. The topological polar surface area (TPSA) is 91.7 Å². The Bertz CT molecular complexity index is 1420. The summed E-state index contributed by atoms with van der Waals surface area (Å²) < 4.78 is 24.0. The van der Waals surface area contributed by atoms with Crippen molar-refractivity contribution in [2.45, 2.75) is 57.3 Å². The van der Waals surface area contributed by atoms with Gasteiger partial charge in [0, 0.05) is 19.3 Å². The lowest BCUT2D eigenvalue weighted by Crippen LogP contribution is -2.25. The van der Waals surface area contributed by atoms with Crippen LogP contribution in [0.1, 0.15) is 60.8 Å². The zero-order chi connectivity index (χ0) is 26.2. The number of hydrogen-bond donors (Lipinski definition) is 1. The van der Waals surface area contributed by atoms with Gasteiger partial charge in [-0.15, -0.1) is 0 Å². The molecule has 0 bridgehead atoms. The van der Waals surface area contributed by atoms with Crippen molar-refractivity contribution in [3.05, 3.63) is 88.7 Å². The van der Waals surface area contributed by atoms with Gasteiger partial charge in [-0.1, -0.05) is 57.2 Å². The van der Waals surface area contributed by atoms with E-state index in [0.29, 0.717) is 11.6 Å². The molecule has 0 radical (unpaired) electrons. The molecule has 5 rings (SSSR count). The largest absolute Gasteiger partial charge is 0.324 e. The number of rotatable bonds is 9. The lowest BCUT2D eigenvalue weighted by Gasteiger charge is -2.27. The van der Waals surface area contributed by atoms with E-state index in [4.69, 9.17) is 4.98 Å². The fourth-order valence-electron chi connectivity index (χ4n) is 5.01. The molecule has 1 aromatic heterocycles. The molecule has 7 nitrogen and oxygen atoms in total. The second-order valence-electron chi connectivity index (χ2n) is 10.1. The van der Waals surface area contributed by atoms with Crippen LogP contribution in [0.25, 0.3) is 0 Å². The van der Waals surface area contributed by atoms with Crippen molar-refractivity contribution in [2.75, 3.05) is 11.1 Å². The number of nitrogens with zero attached hydrogens (tertiary/aromatic N) is 3. The van der Waals surface area contributed by atoms with Gasteiger partial charge in [0.15, 0.2) is 9.84 Å². The zero-order valence-corrected chi connectivity index (χ0v) is 22.2. The highest BCUT2D eigenvalue weighted by atomic mass is 32.2. The van der Waals surface area contributed by atoms with Crippen molar-refractivity contribution in [3.8, 4) is 0 Å².